The van der Waals surface area contributed by atoms with Crippen molar-refractivity contribution in [3.05, 3.63) is 0 Å². The average molecular weight is 144 g/mol. The predicted molar refractivity (Wildman–Crippen MR) is 42.7 cm³/mol. The molecule has 1 rings (SSSR count). The zero-order valence-corrected chi connectivity index (χ0v) is 6.84. The summed E-state index contributed by atoms with van der Waals surface area (Å²) in [5.74, 6) is 0.535. The van der Waals surface area contributed by atoms with Crippen LogP contribution in [-0.2, 0) is 0 Å². The third kappa shape index (κ3) is 1.40. The van der Waals surface area contributed by atoms with Crippen molar-refractivity contribution >= 4 is 5.96 Å². The zero-order chi connectivity index (χ0) is 10.4. The maximum atomic E-state index is 7.15. The Morgan fingerprint density at radius 1 is 1.40 bits per heavy atom. The lowest BCUT2D eigenvalue weighted by molar-refractivity contribution is 0.412. The highest BCUT2D eigenvalue weighted by Crippen LogP contribution is 2.18. The van der Waals surface area contributed by atoms with Crippen molar-refractivity contribution in [2.24, 2.45) is 4.99 Å². The van der Waals surface area contributed by atoms with Gasteiger partial charge in [-0.05, 0) is 20.8 Å². The first-order valence-electron chi connectivity index (χ1n) is 4.77. The monoisotopic (exact) mass is 144 g/mol. The van der Waals surface area contributed by atoms with E-state index in [1.54, 1.807) is 7.05 Å². The fraction of sp³-hybridized carbons (Fsp3) is 0.857. The summed E-state index contributed by atoms with van der Waals surface area (Å²) < 4.78 is 21.5. The first kappa shape index (κ1) is 4.21. The molecule has 1 heterocycles. The Balaban J connectivity index is 2.75. The van der Waals surface area contributed by atoms with Crippen molar-refractivity contribution in [3.63, 3.8) is 0 Å². The van der Waals surface area contributed by atoms with Crippen LogP contribution in [0.4, 0.5) is 0 Å². The zero-order valence-electron chi connectivity index (χ0n) is 9.84. The molecule has 0 aromatic carbocycles. The van der Waals surface area contributed by atoms with Crippen molar-refractivity contribution in [2.45, 2.75) is 26.3 Å². The van der Waals surface area contributed by atoms with E-state index >= 15 is 0 Å². The van der Waals surface area contributed by atoms with Crippen LogP contribution in [0.15, 0.2) is 4.99 Å². The van der Waals surface area contributed by atoms with E-state index in [1.165, 1.54) is 10.0 Å². The van der Waals surface area contributed by atoms with Crippen LogP contribution in [0.2, 0.25) is 0 Å². The molecule has 0 spiro atoms. The Morgan fingerprint density at radius 3 is 2.30 bits per heavy atom. The van der Waals surface area contributed by atoms with Gasteiger partial charge in [-0.1, -0.05) is 0 Å². The molecule has 0 atom stereocenters. The molecule has 0 aliphatic carbocycles. The smallest absolute Gasteiger partial charge is 0.235 e. The Hall–Kier alpha value is -0.730. The van der Waals surface area contributed by atoms with Gasteiger partial charge >= 0.3 is 0 Å². The van der Waals surface area contributed by atoms with Crippen LogP contribution in [-0.4, -0.2) is 35.5 Å². The van der Waals surface area contributed by atoms with Gasteiger partial charge in [-0.2, -0.15) is 0 Å². The SMILES string of the molecule is [2H]C([2H])([2H])N1C(=NC(C)(C)C)N1C. The number of nitrogens with zero attached hydrogens (tertiary/aromatic N) is 3. The van der Waals surface area contributed by atoms with Crippen molar-refractivity contribution < 1.29 is 4.11 Å². The van der Waals surface area contributed by atoms with Crippen molar-refractivity contribution in [1.29, 1.82) is 0 Å². The van der Waals surface area contributed by atoms with E-state index in [2.05, 4.69) is 4.99 Å². The first-order valence-corrected chi connectivity index (χ1v) is 3.27. The first-order chi connectivity index (χ1) is 5.63. The molecule has 58 valence electrons. The molecule has 0 aromatic heterocycles. The molecule has 0 N–H and O–H groups in total. The molecule has 1 saturated heterocycles. The summed E-state index contributed by atoms with van der Waals surface area (Å²) in [6.45, 7) is 3.70. The number of hydrazine groups is 1. The Morgan fingerprint density at radius 2 is 2.00 bits per heavy atom. The van der Waals surface area contributed by atoms with Gasteiger partial charge in [0, 0.05) is 18.1 Å². The van der Waals surface area contributed by atoms with Gasteiger partial charge in [-0.3, -0.25) is 10.0 Å². The van der Waals surface area contributed by atoms with Crippen LogP contribution in [0.25, 0.3) is 0 Å². The third-order valence-corrected chi connectivity index (χ3v) is 1.17. The molecule has 0 radical (unpaired) electrons. The maximum Gasteiger partial charge on any atom is 0.235 e. The van der Waals surface area contributed by atoms with E-state index < -0.39 is 6.98 Å². The molecule has 0 unspecified atom stereocenters. The molecule has 0 aromatic rings. The summed E-state index contributed by atoms with van der Waals surface area (Å²) in [7, 11) is 1.69. The van der Waals surface area contributed by atoms with Gasteiger partial charge in [-0.15, -0.1) is 0 Å². The lowest BCUT2D eigenvalue weighted by Crippen LogP contribution is -2.11. The molecule has 10 heavy (non-hydrogen) atoms. The van der Waals surface area contributed by atoms with Crippen LogP contribution in [0.1, 0.15) is 24.9 Å². The largest absolute Gasteiger partial charge is 0.253 e. The lowest BCUT2D eigenvalue weighted by atomic mass is 10.1. The van der Waals surface area contributed by atoms with Gasteiger partial charge in [0.25, 0.3) is 0 Å². The second kappa shape index (κ2) is 1.87. The summed E-state index contributed by atoms with van der Waals surface area (Å²) in [4.78, 5) is 4.26. The summed E-state index contributed by atoms with van der Waals surface area (Å²) in [5, 5.41) is 2.75. The van der Waals surface area contributed by atoms with Crippen molar-refractivity contribution in [2.75, 3.05) is 14.0 Å². The number of aliphatic imine (C=N–C) groups is 1. The molecule has 0 bridgehead atoms. The third-order valence-electron chi connectivity index (χ3n) is 1.17. The van der Waals surface area contributed by atoms with Crippen molar-refractivity contribution in [1.82, 2.24) is 10.0 Å². The van der Waals surface area contributed by atoms with Gasteiger partial charge in [0.2, 0.25) is 5.96 Å². The Kier molecular flexibility index (Phi) is 0.789. The standard InChI is InChI=1S/C7H15N3/c1-7(2,3)8-6-9(4)10(6)5/h1-5H3/i4D3. The molecule has 1 aliphatic rings. The highest BCUT2D eigenvalue weighted by molar-refractivity contribution is 5.90. The van der Waals surface area contributed by atoms with Crippen molar-refractivity contribution in [3.8, 4) is 0 Å². The van der Waals surface area contributed by atoms with Gasteiger partial charge in [0.15, 0.2) is 0 Å². The number of hydrogen-bond donors (Lipinski definition) is 0. The normalized spacial score (nSPS) is 28.0. The summed E-state index contributed by atoms with van der Waals surface area (Å²) in [5.41, 5.74) is -0.233. The molecule has 0 amide bonds. The number of guanidine groups is 1. The minimum atomic E-state index is -2.10. The molecule has 3 nitrogen and oxygen atoms in total. The Labute approximate surface area is 66.5 Å². The summed E-state index contributed by atoms with van der Waals surface area (Å²) in [6.07, 6.45) is 0. The highest BCUT2D eigenvalue weighted by Gasteiger charge is 2.32. The lowest BCUT2D eigenvalue weighted by Gasteiger charge is -2.08. The topological polar surface area (TPSA) is 18.4 Å². The fourth-order valence-corrected chi connectivity index (χ4v) is 0.626. The van der Waals surface area contributed by atoms with E-state index in [-0.39, 0.29) is 5.54 Å². The fourth-order valence-electron chi connectivity index (χ4n) is 0.626. The quantitative estimate of drug-likeness (QED) is 0.471. The summed E-state index contributed by atoms with van der Waals surface area (Å²) in [6, 6.07) is 0. The average Bonchev–Trinajstić information content (AvgIpc) is 2.34. The minimum absolute atomic E-state index is 0.233. The number of rotatable bonds is 0. The molecule has 0 saturated carbocycles. The summed E-state index contributed by atoms with van der Waals surface area (Å²) >= 11 is 0. The molecule has 3 heteroatoms. The van der Waals surface area contributed by atoms with Crippen LogP contribution in [0.5, 0.6) is 0 Å². The molecule has 1 aliphatic heterocycles. The van der Waals surface area contributed by atoms with E-state index in [0.29, 0.717) is 5.96 Å². The second-order valence-electron chi connectivity index (χ2n) is 3.42. The van der Waals surface area contributed by atoms with Gasteiger partial charge in [-0.25, -0.2) is 4.99 Å². The van der Waals surface area contributed by atoms with Crippen LogP contribution in [0.3, 0.4) is 0 Å². The van der Waals surface area contributed by atoms with Gasteiger partial charge in [0.1, 0.15) is 0 Å². The highest BCUT2D eigenvalue weighted by atomic mass is 15.8. The predicted octanol–water partition coefficient (Wildman–Crippen LogP) is 0.933. The van der Waals surface area contributed by atoms with E-state index in [0.717, 1.165) is 0 Å². The van der Waals surface area contributed by atoms with E-state index in [9.17, 15) is 0 Å². The molecular formula is C7H15N3. The maximum absolute atomic E-state index is 7.15. The van der Waals surface area contributed by atoms with Crippen LogP contribution >= 0.6 is 0 Å². The van der Waals surface area contributed by atoms with E-state index in [1.807, 2.05) is 20.8 Å². The van der Waals surface area contributed by atoms with E-state index in [4.69, 9.17) is 4.11 Å². The molecule has 1 fully saturated rings. The number of hydrogen-bond acceptors (Lipinski definition) is 1. The van der Waals surface area contributed by atoms with Crippen LogP contribution < -0.4 is 0 Å². The second-order valence-corrected chi connectivity index (χ2v) is 3.42. The Bertz CT molecular complexity index is 238. The minimum Gasteiger partial charge on any atom is -0.253 e. The van der Waals surface area contributed by atoms with Gasteiger partial charge in [0.05, 0.1) is 5.54 Å². The molecular weight excluding hydrogens is 126 g/mol. The van der Waals surface area contributed by atoms with Gasteiger partial charge < -0.3 is 0 Å². The van der Waals surface area contributed by atoms with Crippen LogP contribution in [0, 0.1) is 0 Å².